The molecule has 0 aliphatic carbocycles. The number of piperidine rings is 1. The number of β-amino-alcohol motifs (C(OH)–C–C–N with tert-alkyl or cyclic N) is 1. The van der Waals surface area contributed by atoms with E-state index in [-0.39, 0.29) is 11.5 Å². The molecule has 0 saturated carbocycles. The number of hydrogen-bond donors (Lipinski definition) is 1. The maximum absolute atomic E-state index is 12.5. The molecule has 2 aromatic rings. The van der Waals surface area contributed by atoms with Gasteiger partial charge in [0.25, 0.3) is 0 Å². The summed E-state index contributed by atoms with van der Waals surface area (Å²) in [6, 6.07) is 20.8. The molecule has 1 saturated heterocycles. The number of aliphatic hydroxyl groups excluding tert-OH is 1. The van der Waals surface area contributed by atoms with Crippen molar-refractivity contribution in [1.29, 1.82) is 0 Å². The summed E-state index contributed by atoms with van der Waals surface area (Å²) in [6.45, 7) is 6.52. The molecule has 0 bridgehead atoms. The van der Waals surface area contributed by atoms with Crippen LogP contribution in [0.5, 0.6) is 0 Å². The zero-order chi connectivity index (χ0) is 20.9. The van der Waals surface area contributed by atoms with Gasteiger partial charge in [-0.2, -0.15) is 0 Å². The number of likely N-dealkylation sites (tertiary alicyclic amines) is 1. The molecule has 0 aromatic heterocycles. The fourth-order valence-electron chi connectivity index (χ4n) is 4.14. The van der Waals surface area contributed by atoms with Crippen molar-refractivity contribution in [3.8, 4) is 0 Å². The predicted molar refractivity (Wildman–Crippen MR) is 116 cm³/mol. The van der Waals surface area contributed by atoms with Crippen LogP contribution >= 0.6 is 0 Å². The average molecular weight is 396 g/mol. The third kappa shape index (κ3) is 5.83. The van der Waals surface area contributed by atoms with E-state index in [1.165, 1.54) is 11.1 Å². The highest BCUT2D eigenvalue weighted by molar-refractivity contribution is 5.68. The Morgan fingerprint density at radius 1 is 1.07 bits per heavy atom. The van der Waals surface area contributed by atoms with Gasteiger partial charge in [-0.05, 0) is 57.6 Å². The normalized spacial score (nSPS) is 22.3. The smallest absolute Gasteiger partial charge is 0.410 e. The molecule has 4 nitrogen and oxygen atoms in total. The lowest BCUT2D eigenvalue weighted by Crippen LogP contribution is -2.54. The molecular weight excluding hydrogens is 362 g/mol. The predicted octanol–water partition coefficient (Wildman–Crippen LogP) is 4.85. The first-order valence-corrected chi connectivity index (χ1v) is 10.5. The van der Waals surface area contributed by atoms with Crippen molar-refractivity contribution in [2.75, 3.05) is 13.1 Å². The maximum atomic E-state index is 12.5. The van der Waals surface area contributed by atoms with E-state index in [1.54, 1.807) is 4.90 Å². The van der Waals surface area contributed by atoms with Gasteiger partial charge < -0.3 is 14.7 Å². The molecule has 0 radical (unpaired) electrons. The van der Waals surface area contributed by atoms with Gasteiger partial charge in [0, 0.05) is 12.0 Å². The van der Waals surface area contributed by atoms with Gasteiger partial charge in [0.2, 0.25) is 0 Å². The van der Waals surface area contributed by atoms with Crippen LogP contribution in [0.25, 0.3) is 0 Å². The topological polar surface area (TPSA) is 49.8 Å². The summed E-state index contributed by atoms with van der Waals surface area (Å²) in [5.41, 5.74) is 1.72. The fourth-order valence-corrected chi connectivity index (χ4v) is 4.14. The molecule has 3 rings (SSSR count). The fraction of sp³-hybridized carbons (Fsp3) is 0.480. The van der Waals surface area contributed by atoms with Gasteiger partial charge in [0.05, 0.1) is 12.6 Å². The molecular formula is C25H33NO3. The number of aliphatic hydroxyl groups is 1. The minimum absolute atomic E-state index is 0.254. The van der Waals surface area contributed by atoms with Crippen molar-refractivity contribution < 1.29 is 14.6 Å². The van der Waals surface area contributed by atoms with Crippen LogP contribution in [0.4, 0.5) is 4.79 Å². The van der Waals surface area contributed by atoms with Crippen molar-refractivity contribution in [3.63, 3.8) is 0 Å². The quantitative estimate of drug-likeness (QED) is 0.787. The molecule has 1 aliphatic heterocycles. The summed E-state index contributed by atoms with van der Waals surface area (Å²) >= 11 is 0. The van der Waals surface area contributed by atoms with Crippen LogP contribution in [0.3, 0.4) is 0 Å². The van der Waals surface area contributed by atoms with Crippen LogP contribution in [-0.2, 0) is 17.6 Å². The van der Waals surface area contributed by atoms with Crippen LogP contribution < -0.4 is 0 Å². The molecule has 4 heteroatoms. The van der Waals surface area contributed by atoms with E-state index < -0.39 is 11.7 Å². The molecule has 0 spiro atoms. The van der Waals surface area contributed by atoms with Crippen LogP contribution in [0, 0.1) is 5.41 Å². The number of carbonyl (C=O) groups excluding carboxylic acids is 1. The Balaban J connectivity index is 1.75. The second kappa shape index (κ2) is 9.00. The van der Waals surface area contributed by atoms with Crippen molar-refractivity contribution in [3.05, 3.63) is 71.8 Å². The number of benzene rings is 2. The molecule has 2 aromatic carbocycles. The van der Waals surface area contributed by atoms with E-state index in [2.05, 4.69) is 36.4 Å². The molecule has 1 N–H and O–H groups in total. The average Bonchev–Trinajstić information content (AvgIpc) is 2.68. The van der Waals surface area contributed by atoms with Crippen LogP contribution in [0.2, 0.25) is 0 Å². The summed E-state index contributed by atoms with van der Waals surface area (Å²) in [4.78, 5) is 14.2. The number of carbonyl (C=O) groups is 1. The Labute approximate surface area is 174 Å². The molecule has 2 unspecified atom stereocenters. The Hall–Kier alpha value is -2.33. The van der Waals surface area contributed by atoms with Gasteiger partial charge in [-0.3, -0.25) is 0 Å². The van der Waals surface area contributed by atoms with E-state index in [0.29, 0.717) is 13.1 Å². The summed E-state index contributed by atoms with van der Waals surface area (Å²) in [7, 11) is 0. The van der Waals surface area contributed by atoms with Gasteiger partial charge in [-0.1, -0.05) is 60.7 Å². The van der Waals surface area contributed by atoms with Crippen LogP contribution in [0.15, 0.2) is 60.7 Å². The Kier molecular flexibility index (Phi) is 6.63. The number of nitrogens with zero attached hydrogens (tertiary/aromatic N) is 1. The zero-order valence-electron chi connectivity index (χ0n) is 17.8. The number of ether oxygens (including phenoxy) is 1. The maximum Gasteiger partial charge on any atom is 0.410 e. The lowest BCUT2D eigenvalue weighted by molar-refractivity contribution is -0.0575. The highest BCUT2D eigenvalue weighted by atomic mass is 16.6. The molecule has 29 heavy (non-hydrogen) atoms. The Morgan fingerprint density at radius 2 is 1.66 bits per heavy atom. The second-order valence-electron chi connectivity index (χ2n) is 9.20. The standard InChI is InChI=1S/C25H33NO3/c1-24(2,3)29-23(28)26-17-16-25(22(27)19-26,18-21-12-8-5-9-13-21)15-14-20-10-6-4-7-11-20/h4-13,22,27H,14-19H2,1-3H3. The monoisotopic (exact) mass is 395 g/mol. The minimum atomic E-state index is -0.590. The van der Waals surface area contributed by atoms with Crippen molar-refractivity contribution >= 4 is 6.09 Å². The summed E-state index contributed by atoms with van der Waals surface area (Å²) < 4.78 is 5.52. The largest absolute Gasteiger partial charge is 0.444 e. The third-order valence-electron chi connectivity index (χ3n) is 5.78. The lowest BCUT2D eigenvalue weighted by atomic mass is 9.68. The first-order chi connectivity index (χ1) is 13.8. The number of rotatable bonds is 5. The van der Waals surface area contributed by atoms with Crippen LogP contribution in [-0.4, -0.2) is 40.9 Å². The second-order valence-corrected chi connectivity index (χ2v) is 9.20. The van der Waals surface area contributed by atoms with Gasteiger partial charge >= 0.3 is 6.09 Å². The highest BCUT2D eigenvalue weighted by Gasteiger charge is 2.43. The van der Waals surface area contributed by atoms with Gasteiger partial charge in [-0.15, -0.1) is 0 Å². The number of aryl methyl sites for hydroxylation is 1. The van der Waals surface area contributed by atoms with E-state index in [0.717, 1.165) is 25.7 Å². The van der Waals surface area contributed by atoms with Gasteiger partial charge in [0.15, 0.2) is 0 Å². The first-order valence-electron chi connectivity index (χ1n) is 10.5. The molecule has 1 amide bonds. The lowest BCUT2D eigenvalue weighted by Gasteiger charge is -2.46. The molecule has 2 atom stereocenters. The summed E-state index contributed by atoms with van der Waals surface area (Å²) in [6.07, 6.45) is 2.44. The molecule has 1 fully saturated rings. The van der Waals surface area contributed by atoms with Gasteiger partial charge in [0.1, 0.15) is 5.60 Å². The van der Waals surface area contributed by atoms with E-state index >= 15 is 0 Å². The van der Waals surface area contributed by atoms with E-state index in [4.69, 9.17) is 4.74 Å². The molecule has 1 heterocycles. The van der Waals surface area contributed by atoms with E-state index in [9.17, 15) is 9.90 Å². The van der Waals surface area contributed by atoms with Gasteiger partial charge in [-0.25, -0.2) is 4.79 Å². The van der Waals surface area contributed by atoms with Crippen molar-refractivity contribution in [2.45, 2.75) is 58.2 Å². The Bertz CT molecular complexity index is 785. The first kappa shape index (κ1) is 21.4. The molecule has 1 aliphatic rings. The van der Waals surface area contributed by atoms with Crippen molar-refractivity contribution in [1.82, 2.24) is 4.90 Å². The number of amides is 1. The van der Waals surface area contributed by atoms with E-state index in [1.807, 2.05) is 45.0 Å². The number of hydrogen-bond acceptors (Lipinski definition) is 3. The summed E-state index contributed by atoms with van der Waals surface area (Å²) in [5, 5.41) is 11.2. The van der Waals surface area contributed by atoms with Crippen molar-refractivity contribution in [2.24, 2.45) is 5.41 Å². The summed E-state index contributed by atoms with van der Waals surface area (Å²) in [5.74, 6) is 0. The molecule has 156 valence electrons. The third-order valence-corrected chi connectivity index (χ3v) is 5.78. The minimum Gasteiger partial charge on any atom is -0.444 e. The Morgan fingerprint density at radius 3 is 2.21 bits per heavy atom. The highest BCUT2D eigenvalue weighted by Crippen LogP contribution is 2.40. The zero-order valence-corrected chi connectivity index (χ0v) is 17.8. The SMILES string of the molecule is CC(C)(C)OC(=O)N1CCC(CCc2ccccc2)(Cc2ccccc2)C(O)C1. The van der Waals surface area contributed by atoms with Crippen LogP contribution in [0.1, 0.15) is 44.7 Å².